The zero-order valence-corrected chi connectivity index (χ0v) is 26.5. The van der Waals surface area contributed by atoms with Crippen molar-refractivity contribution in [1.29, 1.82) is 0 Å². The molecule has 1 aromatic heterocycles. The maximum atomic E-state index is 13.6. The highest BCUT2D eigenvalue weighted by Crippen LogP contribution is 2.35. The van der Waals surface area contributed by atoms with Crippen LogP contribution in [0.15, 0.2) is 60.7 Å². The van der Waals surface area contributed by atoms with Gasteiger partial charge in [-0.2, -0.15) is 0 Å². The lowest BCUT2D eigenvalue weighted by molar-refractivity contribution is -0.274. The Bertz CT molecular complexity index is 1660. The molecule has 48 heavy (non-hydrogen) atoms. The highest BCUT2D eigenvalue weighted by Gasteiger charge is 2.43. The first-order valence-electron chi connectivity index (χ1n) is 15.6. The second-order valence-electron chi connectivity index (χ2n) is 11.8. The number of ether oxygens (including phenoxy) is 3. The Morgan fingerprint density at radius 3 is 2.46 bits per heavy atom. The largest absolute Gasteiger partial charge is 0.573 e. The minimum atomic E-state index is -4.83. The molecule has 3 amide bonds. The van der Waals surface area contributed by atoms with Crippen LogP contribution in [-0.4, -0.2) is 89.6 Å². The molecule has 3 heterocycles. The number of hydrogen-bond donors (Lipinski definition) is 2. The monoisotopic (exact) mass is 670 g/mol. The predicted octanol–water partition coefficient (Wildman–Crippen LogP) is 5.77. The number of allylic oxidation sites excluding steroid dienone is 2. The normalized spacial score (nSPS) is 21.2. The third kappa shape index (κ3) is 8.47. The first kappa shape index (κ1) is 34.3. The van der Waals surface area contributed by atoms with Crippen LogP contribution in [0.5, 0.6) is 17.4 Å². The summed E-state index contributed by atoms with van der Waals surface area (Å²) in [4.78, 5) is 46.8. The number of amides is 3. The number of aliphatic carboxylic acids is 1. The Kier molecular flexibility index (Phi) is 10.6. The molecule has 0 bridgehead atoms. The van der Waals surface area contributed by atoms with E-state index in [4.69, 9.17) is 14.5 Å². The minimum absolute atomic E-state index is 0.0353. The van der Waals surface area contributed by atoms with Gasteiger partial charge < -0.3 is 34.4 Å². The molecule has 256 valence electrons. The van der Waals surface area contributed by atoms with Crippen LogP contribution in [0.4, 0.5) is 18.0 Å². The Balaban J connectivity index is 1.46. The molecule has 2 aliphatic rings. The van der Waals surface area contributed by atoms with E-state index in [1.165, 1.54) is 36.3 Å². The average Bonchev–Trinajstić information content (AvgIpc) is 3.47. The van der Waals surface area contributed by atoms with Crippen molar-refractivity contribution in [2.24, 2.45) is 0 Å². The van der Waals surface area contributed by atoms with Gasteiger partial charge in [0.15, 0.2) is 0 Å². The summed E-state index contributed by atoms with van der Waals surface area (Å²) in [6, 6.07) is 9.74. The molecule has 11 nitrogen and oxygen atoms in total. The van der Waals surface area contributed by atoms with Gasteiger partial charge in [0.1, 0.15) is 29.7 Å². The maximum Gasteiger partial charge on any atom is 0.573 e. The Morgan fingerprint density at radius 1 is 1.02 bits per heavy atom. The lowest BCUT2D eigenvalue weighted by Gasteiger charge is -2.29. The number of fused-ring (bicyclic) bond motifs is 2. The molecule has 1 fully saturated rings. The topological polar surface area (TPSA) is 131 Å². The lowest BCUT2D eigenvalue weighted by Crippen LogP contribution is -2.53. The molecule has 0 spiro atoms. The van der Waals surface area contributed by atoms with Crippen LogP contribution in [0.25, 0.3) is 22.0 Å². The predicted molar refractivity (Wildman–Crippen MR) is 170 cm³/mol. The second-order valence-corrected chi connectivity index (χ2v) is 11.8. The summed E-state index contributed by atoms with van der Waals surface area (Å²) in [5, 5.41) is 13.7. The number of benzene rings is 2. The molecule has 3 unspecified atom stereocenters. The Morgan fingerprint density at radius 2 is 1.75 bits per heavy atom. The SMILES string of the molecule is COc1ccc2c(OC3CC4C(=O)NC(C(=O)O)CCC=CCCCCN(C)C(=O)N4C3)nc(-c3ccc(OC(F)(F)F)cc3)cc2c1. The summed E-state index contributed by atoms with van der Waals surface area (Å²) in [6.45, 7) is 0.511. The number of nitrogens with one attached hydrogen (secondary N) is 1. The van der Waals surface area contributed by atoms with Gasteiger partial charge in [-0.1, -0.05) is 12.2 Å². The standard InChI is InChI=1S/C34H37F3N4O7/c1-40-16-8-6-4-3-5-7-9-27(32(43)44)38-30(42)29-19-25(20-41(29)33(40)45)47-31-26-15-14-24(46-2)17-22(26)18-28(39-31)21-10-12-23(13-11-21)48-34(35,36)37/h3,5,10-15,17-18,25,27,29H,4,6-9,16,19-20H2,1-2H3,(H,38,42)(H,43,44). The number of pyridine rings is 1. The Hall–Kier alpha value is -5.01. The van der Waals surface area contributed by atoms with Crippen molar-refractivity contribution in [3.05, 3.63) is 60.7 Å². The fraction of sp³-hybridized carbons (Fsp3) is 0.412. The third-order valence-corrected chi connectivity index (χ3v) is 8.32. The van der Waals surface area contributed by atoms with Gasteiger partial charge in [0.2, 0.25) is 11.8 Å². The minimum Gasteiger partial charge on any atom is -0.497 e. The molecule has 5 rings (SSSR count). The fourth-order valence-corrected chi connectivity index (χ4v) is 5.85. The number of alkyl halides is 3. The first-order valence-corrected chi connectivity index (χ1v) is 15.6. The highest BCUT2D eigenvalue weighted by atomic mass is 19.4. The highest BCUT2D eigenvalue weighted by molar-refractivity contribution is 5.92. The zero-order chi connectivity index (χ0) is 34.4. The van der Waals surface area contributed by atoms with E-state index in [-0.39, 0.29) is 37.0 Å². The number of carbonyl (C=O) groups is 3. The van der Waals surface area contributed by atoms with Crippen molar-refractivity contribution < 1.29 is 46.9 Å². The van der Waals surface area contributed by atoms with E-state index in [0.717, 1.165) is 19.3 Å². The number of rotatable bonds is 6. The Labute approximate surface area is 275 Å². The van der Waals surface area contributed by atoms with E-state index in [9.17, 15) is 32.7 Å². The maximum absolute atomic E-state index is 13.6. The van der Waals surface area contributed by atoms with Gasteiger partial charge in [-0.05, 0) is 86.0 Å². The summed E-state index contributed by atoms with van der Waals surface area (Å²) < 4.78 is 54.0. The first-order chi connectivity index (χ1) is 22.9. The molecule has 3 atom stereocenters. The van der Waals surface area contributed by atoms with E-state index in [1.54, 1.807) is 36.2 Å². The molecule has 3 aromatic rings. The quantitative estimate of drug-likeness (QED) is 0.316. The van der Waals surface area contributed by atoms with Crippen LogP contribution in [0, 0.1) is 0 Å². The molecular formula is C34H37F3N4O7. The molecule has 0 saturated carbocycles. The fourth-order valence-electron chi connectivity index (χ4n) is 5.85. The second kappa shape index (κ2) is 14.8. The average molecular weight is 671 g/mol. The van der Waals surface area contributed by atoms with Gasteiger partial charge in [0.05, 0.1) is 19.3 Å². The van der Waals surface area contributed by atoms with Crippen LogP contribution in [0.2, 0.25) is 0 Å². The van der Waals surface area contributed by atoms with Gasteiger partial charge >= 0.3 is 18.4 Å². The smallest absolute Gasteiger partial charge is 0.497 e. The number of carboxylic acids is 1. The number of nitrogens with zero attached hydrogens (tertiary/aromatic N) is 3. The summed E-state index contributed by atoms with van der Waals surface area (Å²) in [5.41, 5.74) is 0.882. The van der Waals surface area contributed by atoms with Crippen molar-refractivity contribution in [1.82, 2.24) is 20.1 Å². The molecule has 14 heteroatoms. The summed E-state index contributed by atoms with van der Waals surface area (Å²) in [5.74, 6) is -1.40. The van der Waals surface area contributed by atoms with Crippen LogP contribution >= 0.6 is 0 Å². The van der Waals surface area contributed by atoms with E-state index >= 15 is 0 Å². The van der Waals surface area contributed by atoms with Gasteiger partial charge in [-0.3, -0.25) is 4.79 Å². The van der Waals surface area contributed by atoms with Gasteiger partial charge in [0.25, 0.3) is 0 Å². The van der Waals surface area contributed by atoms with E-state index < -0.39 is 36.4 Å². The number of urea groups is 1. The van der Waals surface area contributed by atoms with E-state index in [1.807, 2.05) is 12.2 Å². The van der Waals surface area contributed by atoms with Crippen LogP contribution < -0.4 is 19.5 Å². The summed E-state index contributed by atoms with van der Waals surface area (Å²) >= 11 is 0. The van der Waals surface area contributed by atoms with E-state index in [2.05, 4.69) is 10.1 Å². The molecular weight excluding hydrogens is 633 g/mol. The third-order valence-electron chi connectivity index (χ3n) is 8.32. The van der Waals surface area contributed by atoms with Crippen LogP contribution in [0.1, 0.15) is 38.5 Å². The number of methoxy groups -OCH3 is 1. The van der Waals surface area contributed by atoms with E-state index in [0.29, 0.717) is 40.7 Å². The van der Waals surface area contributed by atoms with Crippen molar-refractivity contribution in [3.63, 3.8) is 0 Å². The molecule has 2 aliphatic heterocycles. The van der Waals surface area contributed by atoms with Gasteiger partial charge in [-0.15, -0.1) is 13.2 Å². The molecule has 2 aromatic carbocycles. The summed E-state index contributed by atoms with van der Waals surface area (Å²) in [6.07, 6.45) is 1.53. The number of carbonyl (C=O) groups excluding carboxylic acids is 2. The van der Waals surface area contributed by atoms with Gasteiger partial charge in [-0.25, -0.2) is 14.6 Å². The van der Waals surface area contributed by atoms with Crippen molar-refractivity contribution >= 4 is 28.7 Å². The van der Waals surface area contributed by atoms with Crippen LogP contribution in [-0.2, 0) is 9.59 Å². The number of carboxylic acid groups (broad SMARTS) is 1. The van der Waals surface area contributed by atoms with Crippen molar-refractivity contribution in [2.75, 3.05) is 27.2 Å². The number of aromatic nitrogens is 1. The number of hydrogen-bond acceptors (Lipinski definition) is 7. The lowest BCUT2D eigenvalue weighted by atomic mass is 10.1. The molecule has 0 aliphatic carbocycles. The van der Waals surface area contributed by atoms with Crippen LogP contribution in [0.3, 0.4) is 0 Å². The zero-order valence-electron chi connectivity index (χ0n) is 26.5. The van der Waals surface area contributed by atoms with Gasteiger partial charge in [0, 0.05) is 31.0 Å². The summed E-state index contributed by atoms with van der Waals surface area (Å²) in [7, 11) is 3.18. The number of halogens is 3. The molecule has 2 N–H and O–H groups in total. The molecule has 1 saturated heterocycles. The molecule has 0 radical (unpaired) electrons. The van der Waals surface area contributed by atoms with Crippen molar-refractivity contribution in [3.8, 4) is 28.6 Å². The van der Waals surface area contributed by atoms with Crippen molar-refractivity contribution in [2.45, 2.75) is 63.1 Å².